The molecule has 0 aliphatic heterocycles. The summed E-state index contributed by atoms with van der Waals surface area (Å²) in [5.74, 6) is 0.298. The second-order valence-corrected chi connectivity index (χ2v) is 9.09. The van der Waals surface area contributed by atoms with E-state index in [1.807, 2.05) is 24.3 Å². The fourth-order valence-electron chi connectivity index (χ4n) is 5.36. The molecule has 2 bridgehead atoms. The van der Waals surface area contributed by atoms with E-state index in [9.17, 15) is 4.79 Å². The van der Waals surface area contributed by atoms with Crippen molar-refractivity contribution in [2.75, 3.05) is 0 Å². The number of oxime groups is 1. The Kier molecular flexibility index (Phi) is 3.71. The highest BCUT2D eigenvalue weighted by Crippen LogP contribution is 2.64. The molecule has 2 fully saturated rings. The van der Waals surface area contributed by atoms with E-state index in [2.05, 4.69) is 38.1 Å². The van der Waals surface area contributed by atoms with Gasteiger partial charge in [-0.15, -0.1) is 0 Å². The van der Waals surface area contributed by atoms with Crippen LogP contribution in [0, 0.1) is 16.7 Å². The number of hydrogen-bond donors (Lipinski definition) is 0. The van der Waals surface area contributed by atoms with Gasteiger partial charge in [-0.1, -0.05) is 56.3 Å². The van der Waals surface area contributed by atoms with Crippen molar-refractivity contribution >= 4 is 33.4 Å². The maximum absolute atomic E-state index is 12.5. The lowest BCUT2D eigenvalue weighted by Crippen LogP contribution is -2.32. The summed E-state index contributed by atoms with van der Waals surface area (Å²) in [5, 5.41) is 7.53. The maximum Gasteiger partial charge on any atom is 0.339 e. The molecule has 2 saturated carbocycles. The van der Waals surface area contributed by atoms with E-state index in [1.165, 1.54) is 6.42 Å². The molecule has 0 saturated heterocycles. The minimum atomic E-state index is -0.340. The predicted molar refractivity (Wildman–Crippen MR) is 110 cm³/mol. The molecule has 3 aromatic rings. The Hall–Kier alpha value is -2.62. The van der Waals surface area contributed by atoms with Crippen molar-refractivity contribution in [2.24, 2.45) is 21.9 Å². The molecule has 2 aliphatic rings. The molecule has 1 aromatic heterocycles. The summed E-state index contributed by atoms with van der Waals surface area (Å²) in [6.45, 7) is 6.90. The van der Waals surface area contributed by atoms with Crippen LogP contribution in [-0.4, -0.2) is 11.7 Å². The van der Waals surface area contributed by atoms with Gasteiger partial charge in [0.25, 0.3) is 0 Å². The van der Waals surface area contributed by atoms with Crippen molar-refractivity contribution in [1.29, 1.82) is 0 Å². The Labute approximate surface area is 164 Å². The Morgan fingerprint density at radius 3 is 2.79 bits per heavy atom. The lowest BCUT2D eigenvalue weighted by Gasteiger charge is -2.34. The maximum atomic E-state index is 12.5. The molecule has 2 atom stereocenters. The van der Waals surface area contributed by atoms with Crippen molar-refractivity contribution < 1.29 is 14.0 Å². The number of carbonyl (C=O) groups excluding carboxylic acids is 1. The summed E-state index contributed by atoms with van der Waals surface area (Å²) in [6.07, 6.45) is 5.12. The van der Waals surface area contributed by atoms with Gasteiger partial charge in [0.2, 0.25) is 0 Å². The third-order valence-electron chi connectivity index (χ3n) is 7.64. The first kappa shape index (κ1) is 17.5. The minimum Gasteiger partial charge on any atom is -0.464 e. The van der Waals surface area contributed by atoms with Gasteiger partial charge in [-0.2, -0.15) is 0 Å². The van der Waals surface area contributed by atoms with Gasteiger partial charge < -0.3 is 9.25 Å². The van der Waals surface area contributed by atoms with E-state index in [4.69, 9.17) is 9.25 Å². The highest BCUT2D eigenvalue weighted by Gasteiger charge is 2.60. The number of rotatable bonds is 3. The van der Waals surface area contributed by atoms with Crippen molar-refractivity contribution in [3.8, 4) is 0 Å². The second-order valence-electron chi connectivity index (χ2n) is 9.09. The molecular formula is C24H25NO3. The van der Waals surface area contributed by atoms with Crippen molar-refractivity contribution in [1.82, 2.24) is 0 Å². The topological polar surface area (TPSA) is 51.8 Å². The van der Waals surface area contributed by atoms with Crippen molar-refractivity contribution in [3.05, 3.63) is 48.2 Å². The summed E-state index contributed by atoms with van der Waals surface area (Å²) >= 11 is 0. The molecule has 0 N–H and O–H groups in total. The van der Waals surface area contributed by atoms with Gasteiger partial charge in [0.1, 0.15) is 5.58 Å². The van der Waals surface area contributed by atoms with Gasteiger partial charge in [-0.25, -0.2) is 4.79 Å². The Morgan fingerprint density at radius 1 is 1.21 bits per heavy atom. The van der Waals surface area contributed by atoms with E-state index >= 15 is 0 Å². The fraction of sp³-hybridized carbons (Fsp3) is 0.417. The highest BCUT2D eigenvalue weighted by atomic mass is 16.7. The normalized spacial score (nSPS) is 27.1. The Bertz CT molecular complexity index is 1120. The molecule has 2 aliphatic carbocycles. The molecule has 28 heavy (non-hydrogen) atoms. The van der Waals surface area contributed by atoms with E-state index < -0.39 is 0 Å². The first-order chi connectivity index (χ1) is 13.4. The summed E-state index contributed by atoms with van der Waals surface area (Å²) in [5.41, 5.74) is 2.94. The monoisotopic (exact) mass is 375 g/mol. The SMILES string of the molecule is CC12CCC(CC1=NOC(=O)Cc1coc3ccc4ccccc4c13)C2(C)C. The van der Waals surface area contributed by atoms with Crippen LogP contribution in [0.15, 0.2) is 52.2 Å². The van der Waals surface area contributed by atoms with Crippen LogP contribution in [0.5, 0.6) is 0 Å². The molecule has 4 nitrogen and oxygen atoms in total. The van der Waals surface area contributed by atoms with Crippen LogP contribution in [0.3, 0.4) is 0 Å². The molecule has 1 heterocycles. The number of benzene rings is 2. The molecule has 4 heteroatoms. The first-order valence-electron chi connectivity index (χ1n) is 10.1. The lowest BCUT2D eigenvalue weighted by molar-refractivity contribution is -0.142. The smallest absolute Gasteiger partial charge is 0.339 e. The second kappa shape index (κ2) is 5.94. The zero-order valence-electron chi connectivity index (χ0n) is 16.6. The lowest BCUT2D eigenvalue weighted by atomic mass is 9.70. The zero-order valence-corrected chi connectivity index (χ0v) is 16.6. The quantitative estimate of drug-likeness (QED) is 0.425. The Morgan fingerprint density at radius 2 is 2.04 bits per heavy atom. The molecular weight excluding hydrogens is 350 g/mol. The van der Waals surface area contributed by atoms with E-state index in [0.29, 0.717) is 5.92 Å². The standard InChI is InChI=1S/C24H25NO3/c1-23(2)17-10-11-24(23,3)20(13-17)25-28-21(26)12-16-14-27-19-9-8-15-6-4-5-7-18(15)22(16)19/h4-9,14,17H,10-13H2,1-3H3. The van der Waals surface area contributed by atoms with Crippen LogP contribution >= 0.6 is 0 Å². The van der Waals surface area contributed by atoms with Gasteiger partial charge in [0, 0.05) is 16.4 Å². The van der Waals surface area contributed by atoms with Gasteiger partial charge in [-0.05, 0) is 47.4 Å². The van der Waals surface area contributed by atoms with Crippen LogP contribution < -0.4 is 0 Å². The summed E-state index contributed by atoms with van der Waals surface area (Å²) < 4.78 is 5.68. The molecule has 2 aromatic carbocycles. The van der Waals surface area contributed by atoms with Crippen LogP contribution in [-0.2, 0) is 16.1 Å². The first-order valence-corrected chi connectivity index (χ1v) is 10.1. The number of fused-ring (bicyclic) bond motifs is 5. The van der Waals surface area contributed by atoms with Crippen molar-refractivity contribution in [2.45, 2.75) is 46.5 Å². The van der Waals surface area contributed by atoms with Crippen LogP contribution in [0.4, 0.5) is 0 Å². The van der Waals surface area contributed by atoms with Gasteiger partial charge in [-0.3, -0.25) is 0 Å². The minimum absolute atomic E-state index is 0.0382. The van der Waals surface area contributed by atoms with E-state index in [1.54, 1.807) is 6.26 Å². The van der Waals surface area contributed by atoms with Gasteiger partial charge >= 0.3 is 5.97 Å². The summed E-state index contributed by atoms with van der Waals surface area (Å²) in [4.78, 5) is 17.9. The average Bonchev–Trinajstić information content (AvgIpc) is 3.25. The van der Waals surface area contributed by atoms with E-state index in [-0.39, 0.29) is 23.2 Å². The molecule has 0 radical (unpaired) electrons. The van der Waals surface area contributed by atoms with Gasteiger partial charge in [0.05, 0.1) is 18.4 Å². The average molecular weight is 375 g/mol. The zero-order chi connectivity index (χ0) is 19.5. The van der Waals surface area contributed by atoms with E-state index in [0.717, 1.165) is 45.9 Å². The van der Waals surface area contributed by atoms with Crippen LogP contribution in [0.1, 0.15) is 45.6 Å². The number of carbonyl (C=O) groups is 1. The van der Waals surface area contributed by atoms with Crippen LogP contribution in [0.2, 0.25) is 0 Å². The highest BCUT2D eigenvalue weighted by molar-refractivity contribution is 6.08. The number of hydrogen-bond acceptors (Lipinski definition) is 4. The molecule has 5 rings (SSSR count). The number of nitrogens with zero attached hydrogens (tertiary/aromatic N) is 1. The fourth-order valence-corrected chi connectivity index (χ4v) is 5.36. The predicted octanol–water partition coefficient (Wildman–Crippen LogP) is 5.87. The molecule has 2 unspecified atom stereocenters. The summed E-state index contributed by atoms with van der Waals surface area (Å²) in [6, 6.07) is 12.1. The summed E-state index contributed by atoms with van der Waals surface area (Å²) in [7, 11) is 0. The van der Waals surface area contributed by atoms with Crippen LogP contribution in [0.25, 0.3) is 21.7 Å². The Balaban J connectivity index is 1.39. The molecule has 144 valence electrons. The molecule has 0 spiro atoms. The third-order valence-corrected chi connectivity index (χ3v) is 7.64. The third kappa shape index (κ3) is 2.36. The van der Waals surface area contributed by atoms with Gasteiger partial charge in [0.15, 0.2) is 0 Å². The molecule has 0 amide bonds. The number of furan rings is 1. The largest absolute Gasteiger partial charge is 0.464 e. The van der Waals surface area contributed by atoms with Crippen molar-refractivity contribution in [3.63, 3.8) is 0 Å².